The second kappa shape index (κ2) is 9.15. The number of aromatic carboxylic acids is 1. The number of hydrogen-bond acceptors (Lipinski definition) is 4. The molecular weight excluding hydrogens is 427 g/mol. The van der Waals surface area contributed by atoms with Crippen LogP contribution < -0.4 is 10.1 Å². The van der Waals surface area contributed by atoms with Crippen molar-refractivity contribution < 1.29 is 19.4 Å². The van der Waals surface area contributed by atoms with Crippen LogP contribution in [0.2, 0.25) is 10.0 Å². The van der Waals surface area contributed by atoms with Gasteiger partial charge in [-0.05, 0) is 49.7 Å². The molecule has 0 aliphatic heterocycles. The summed E-state index contributed by atoms with van der Waals surface area (Å²) >= 11 is 12.2. The highest BCUT2D eigenvalue weighted by Gasteiger charge is 2.19. The average molecular weight is 445 g/mol. The molecule has 0 spiro atoms. The fourth-order valence-corrected chi connectivity index (χ4v) is 3.07. The maximum absolute atomic E-state index is 12.9. The van der Waals surface area contributed by atoms with E-state index in [4.69, 9.17) is 33.0 Å². The lowest BCUT2D eigenvalue weighted by Crippen LogP contribution is -2.27. The highest BCUT2D eigenvalue weighted by Crippen LogP contribution is 2.31. The van der Waals surface area contributed by atoms with Crippen molar-refractivity contribution in [3.63, 3.8) is 0 Å². The molecule has 1 unspecified atom stereocenters. The third kappa shape index (κ3) is 4.90. The number of aromatic nitrogens is 1. The number of carbonyl (C=O) groups excluding carboxylic acids is 1. The van der Waals surface area contributed by atoms with Gasteiger partial charge in [0.05, 0.1) is 16.6 Å². The van der Waals surface area contributed by atoms with Gasteiger partial charge in [-0.25, -0.2) is 9.78 Å². The number of nitrogens with zero attached hydrogens (tertiary/aromatic N) is 1. The minimum atomic E-state index is -1.01. The molecule has 2 aromatic carbocycles. The van der Waals surface area contributed by atoms with Crippen LogP contribution in [-0.2, 0) is 0 Å². The summed E-state index contributed by atoms with van der Waals surface area (Å²) < 4.78 is 5.85. The average Bonchev–Trinajstić information content (AvgIpc) is 2.72. The van der Waals surface area contributed by atoms with Gasteiger partial charge in [-0.15, -0.1) is 0 Å². The molecule has 1 aromatic heterocycles. The van der Waals surface area contributed by atoms with Gasteiger partial charge in [0.15, 0.2) is 0 Å². The van der Waals surface area contributed by atoms with Gasteiger partial charge in [0.2, 0.25) is 5.88 Å². The standard InChI is InChI=1S/C22H18Cl2N2O4/c1-12-18(24)4-3-5-19(12)30-21-17(10-16(23)11-25-21)20(27)26-13(2)14-6-8-15(9-7-14)22(28)29/h3-11,13H,1-2H3,(H,26,27)(H,28,29). The van der Waals surface area contributed by atoms with E-state index in [1.165, 1.54) is 24.4 Å². The molecule has 1 atom stereocenters. The number of nitrogens with one attached hydrogen (secondary N) is 1. The number of pyridine rings is 1. The second-order valence-electron chi connectivity index (χ2n) is 6.59. The van der Waals surface area contributed by atoms with E-state index >= 15 is 0 Å². The van der Waals surface area contributed by atoms with E-state index in [9.17, 15) is 9.59 Å². The molecule has 0 saturated carbocycles. The Morgan fingerprint density at radius 2 is 1.83 bits per heavy atom. The van der Waals surface area contributed by atoms with Crippen molar-refractivity contribution in [1.29, 1.82) is 0 Å². The van der Waals surface area contributed by atoms with Crippen LogP contribution in [0, 0.1) is 6.92 Å². The molecule has 0 saturated heterocycles. The first-order chi connectivity index (χ1) is 14.3. The Hall–Kier alpha value is -3.09. The number of hydrogen-bond donors (Lipinski definition) is 2. The summed E-state index contributed by atoms with van der Waals surface area (Å²) in [6, 6.07) is 12.6. The smallest absolute Gasteiger partial charge is 0.335 e. The van der Waals surface area contributed by atoms with E-state index in [1.807, 2.05) is 0 Å². The van der Waals surface area contributed by atoms with E-state index in [0.29, 0.717) is 16.3 Å². The zero-order valence-corrected chi connectivity index (χ0v) is 17.7. The third-order valence-corrected chi connectivity index (χ3v) is 5.11. The molecule has 0 bridgehead atoms. The zero-order chi connectivity index (χ0) is 21.8. The maximum atomic E-state index is 12.9. The maximum Gasteiger partial charge on any atom is 0.335 e. The van der Waals surface area contributed by atoms with Gasteiger partial charge < -0.3 is 15.2 Å². The van der Waals surface area contributed by atoms with Gasteiger partial charge in [0, 0.05) is 16.8 Å². The number of ether oxygens (including phenoxy) is 1. The number of benzene rings is 2. The summed E-state index contributed by atoms with van der Waals surface area (Å²) in [5, 5.41) is 12.7. The van der Waals surface area contributed by atoms with Crippen molar-refractivity contribution in [2.24, 2.45) is 0 Å². The van der Waals surface area contributed by atoms with E-state index in [-0.39, 0.29) is 28.1 Å². The Bertz CT molecular complexity index is 1100. The van der Waals surface area contributed by atoms with Crippen molar-refractivity contribution in [3.05, 3.63) is 87.0 Å². The molecule has 0 aliphatic carbocycles. The Labute approximate surface area is 183 Å². The topological polar surface area (TPSA) is 88.5 Å². The highest BCUT2D eigenvalue weighted by molar-refractivity contribution is 6.31. The summed E-state index contributed by atoms with van der Waals surface area (Å²) in [6.45, 7) is 3.59. The van der Waals surface area contributed by atoms with Gasteiger partial charge in [0.25, 0.3) is 5.91 Å². The fraction of sp³-hybridized carbons (Fsp3) is 0.136. The first-order valence-electron chi connectivity index (χ1n) is 8.99. The number of carboxylic acids is 1. The van der Waals surface area contributed by atoms with Crippen LogP contribution >= 0.6 is 23.2 Å². The number of rotatable bonds is 6. The molecule has 0 fully saturated rings. The number of carboxylic acid groups (broad SMARTS) is 1. The molecule has 3 aromatic rings. The first kappa shape index (κ1) is 21.6. The van der Waals surface area contributed by atoms with Crippen LogP contribution in [0.4, 0.5) is 0 Å². The molecule has 2 N–H and O–H groups in total. The van der Waals surface area contributed by atoms with Gasteiger partial charge in [-0.2, -0.15) is 0 Å². The first-order valence-corrected chi connectivity index (χ1v) is 9.74. The van der Waals surface area contributed by atoms with Crippen molar-refractivity contribution in [3.8, 4) is 11.6 Å². The third-order valence-electron chi connectivity index (χ3n) is 4.49. The SMILES string of the molecule is Cc1c(Cl)cccc1Oc1ncc(Cl)cc1C(=O)NC(C)c1ccc(C(=O)O)cc1. The minimum absolute atomic E-state index is 0.0932. The minimum Gasteiger partial charge on any atom is -0.478 e. The van der Waals surface area contributed by atoms with E-state index in [1.54, 1.807) is 44.2 Å². The molecule has 30 heavy (non-hydrogen) atoms. The Balaban J connectivity index is 1.83. The molecule has 6 nitrogen and oxygen atoms in total. The summed E-state index contributed by atoms with van der Waals surface area (Å²) in [6.07, 6.45) is 1.39. The molecule has 0 aliphatic rings. The van der Waals surface area contributed by atoms with Crippen LogP contribution in [0.1, 0.15) is 44.8 Å². The molecule has 1 amide bonds. The molecule has 1 heterocycles. The van der Waals surface area contributed by atoms with E-state index < -0.39 is 11.9 Å². The largest absolute Gasteiger partial charge is 0.478 e. The summed E-state index contributed by atoms with van der Waals surface area (Å²) in [5.41, 5.74) is 1.80. The number of halogens is 2. The van der Waals surface area contributed by atoms with Crippen LogP contribution in [0.5, 0.6) is 11.6 Å². The van der Waals surface area contributed by atoms with Gasteiger partial charge in [-0.3, -0.25) is 4.79 Å². The van der Waals surface area contributed by atoms with Gasteiger partial charge >= 0.3 is 5.97 Å². The van der Waals surface area contributed by atoms with Crippen LogP contribution in [0.15, 0.2) is 54.7 Å². The van der Waals surface area contributed by atoms with Crippen LogP contribution in [0.3, 0.4) is 0 Å². The van der Waals surface area contributed by atoms with Crippen LogP contribution in [0.25, 0.3) is 0 Å². The molecule has 154 valence electrons. The molecule has 0 radical (unpaired) electrons. The van der Waals surface area contributed by atoms with Crippen molar-refractivity contribution in [2.75, 3.05) is 0 Å². The Kier molecular flexibility index (Phi) is 6.59. The van der Waals surface area contributed by atoms with E-state index in [0.717, 1.165) is 5.56 Å². The van der Waals surface area contributed by atoms with E-state index in [2.05, 4.69) is 10.3 Å². The highest BCUT2D eigenvalue weighted by atomic mass is 35.5. The predicted octanol–water partition coefficient (Wildman–Crippen LogP) is 5.68. The van der Waals surface area contributed by atoms with Crippen molar-refractivity contribution in [2.45, 2.75) is 19.9 Å². The lowest BCUT2D eigenvalue weighted by atomic mass is 10.1. The van der Waals surface area contributed by atoms with Gasteiger partial charge in [0.1, 0.15) is 11.3 Å². The summed E-state index contributed by atoms with van der Waals surface area (Å²) in [7, 11) is 0. The van der Waals surface area contributed by atoms with Gasteiger partial charge in [-0.1, -0.05) is 41.4 Å². The zero-order valence-electron chi connectivity index (χ0n) is 16.1. The van der Waals surface area contributed by atoms with Crippen molar-refractivity contribution in [1.82, 2.24) is 10.3 Å². The number of amides is 1. The lowest BCUT2D eigenvalue weighted by Gasteiger charge is -2.17. The Morgan fingerprint density at radius 1 is 1.13 bits per heavy atom. The van der Waals surface area contributed by atoms with Crippen LogP contribution in [-0.4, -0.2) is 22.0 Å². The van der Waals surface area contributed by atoms with Crippen molar-refractivity contribution >= 4 is 35.1 Å². The molecular formula is C22H18Cl2N2O4. The molecule has 8 heteroatoms. The normalized spacial score (nSPS) is 11.6. The predicted molar refractivity (Wildman–Crippen MR) is 115 cm³/mol. The second-order valence-corrected chi connectivity index (χ2v) is 7.44. The number of carbonyl (C=O) groups is 2. The Morgan fingerprint density at radius 3 is 2.50 bits per heavy atom. The quantitative estimate of drug-likeness (QED) is 0.510. The summed E-state index contributed by atoms with van der Waals surface area (Å²) in [5.74, 6) is -0.879. The lowest BCUT2D eigenvalue weighted by molar-refractivity contribution is 0.0696. The summed E-state index contributed by atoms with van der Waals surface area (Å²) in [4.78, 5) is 28.1. The fourth-order valence-electron chi connectivity index (χ4n) is 2.75. The monoisotopic (exact) mass is 444 g/mol. The molecule has 3 rings (SSSR count).